The molecule has 1 aromatic carbocycles. The number of hydrogen-bond acceptors (Lipinski definition) is 5. The van der Waals surface area contributed by atoms with Crippen LogP contribution in [0, 0.1) is 11.8 Å². The standard InChI is InChI=1S/C22H35NO4/c1-22(2,14-16-10-12-18(26-3)13-11-16)23-15-19(24)20(21(25)27-4)17-8-6-5-7-9-17/h10-13,17,19-20,23-24H,5-9,14-15H2,1-4H3. The topological polar surface area (TPSA) is 67.8 Å². The molecule has 2 unspecified atom stereocenters. The number of rotatable bonds is 9. The third kappa shape index (κ3) is 6.51. The molecule has 0 aromatic heterocycles. The number of esters is 1. The van der Waals surface area contributed by atoms with Crippen molar-refractivity contribution in [3.05, 3.63) is 29.8 Å². The van der Waals surface area contributed by atoms with Gasteiger partial charge in [-0.05, 0) is 56.7 Å². The zero-order chi connectivity index (χ0) is 19.9. The van der Waals surface area contributed by atoms with E-state index in [9.17, 15) is 9.90 Å². The molecule has 5 heteroatoms. The van der Waals surface area contributed by atoms with Crippen molar-refractivity contribution in [3.63, 3.8) is 0 Å². The van der Waals surface area contributed by atoms with Gasteiger partial charge in [0, 0.05) is 12.1 Å². The highest BCUT2D eigenvalue weighted by atomic mass is 16.5. The molecule has 152 valence electrons. The Bertz CT molecular complexity index is 578. The van der Waals surface area contributed by atoms with E-state index in [1.807, 2.05) is 12.1 Å². The minimum absolute atomic E-state index is 0.206. The Morgan fingerprint density at radius 3 is 2.37 bits per heavy atom. The van der Waals surface area contributed by atoms with Gasteiger partial charge in [-0.1, -0.05) is 31.4 Å². The Labute approximate surface area is 163 Å². The number of aliphatic hydroxyl groups excluding tert-OH is 1. The van der Waals surface area contributed by atoms with Gasteiger partial charge in [-0.15, -0.1) is 0 Å². The Morgan fingerprint density at radius 2 is 1.81 bits per heavy atom. The molecule has 27 heavy (non-hydrogen) atoms. The quantitative estimate of drug-likeness (QED) is 0.646. The fourth-order valence-electron chi connectivity index (χ4n) is 4.12. The summed E-state index contributed by atoms with van der Waals surface area (Å²) >= 11 is 0. The van der Waals surface area contributed by atoms with E-state index in [1.165, 1.54) is 19.1 Å². The van der Waals surface area contributed by atoms with E-state index in [0.29, 0.717) is 6.54 Å². The van der Waals surface area contributed by atoms with Crippen molar-refractivity contribution in [2.75, 3.05) is 20.8 Å². The maximum absolute atomic E-state index is 12.3. The summed E-state index contributed by atoms with van der Waals surface area (Å²) in [6.07, 6.45) is 5.53. The number of ether oxygens (including phenoxy) is 2. The van der Waals surface area contributed by atoms with Crippen LogP contribution in [0.2, 0.25) is 0 Å². The van der Waals surface area contributed by atoms with Crippen molar-refractivity contribution in [1.82, 2.24) is 5.32 Å². The molecule has 5 nitrogen and oxygen atoms in total. The number of aliphatic hydroxyl groups is 1. The normalized spacial score (nSPS) is 18.0. The van der Waals surface area contributed by atoms with Crippen LogP contribution in [-0.4, -0.2) is 43.5 Å². The van der Waals surface area contributed by atoms with Crippen LogP contribution in [-0.2, 0) is 16.0 Å². The third-order valence-electron chi connectivity index (χ3n) is 5.64. The molecule has 0 bridgehead atoms. The van der Waals surface area contributed by atoms with Gasteiger partial charge in [-0.25, -0.2) is 0 Å². The summed E-state index contributed by atoms with van der Waals surface area (Å²) in [6.45, 7) is 4.59. The number of benzene rings is 1. The molecule has 0 spiro atoms. The average Bonchev–Trinajstić information content (AvgIpc) is 2.67. The van der Waals surface area contributed by atoms with E-state index in [2.05, 4.69) is 31.3 Å². The molecule has 1 saturated carbocycles. The van der Waals surface area contributed by atoms with Gasteiger partial charge in [0.2, 0.25) is 0 Å². The Morgan fingerprint density at radius 1 is 1.19 bits per heavy atom. The lowest BCUT2D eigenvalue weighted by Crippen LogP contribution is -2.49. The number of nitrogens with one attached hydrogen (secondary N) is 1. The van der Waals surface area contributed by atoms with Gasteiger partial charge in [-0.2, -0.15) is 0 Å². The number of hydrogen-bond donors (Lipinski definition) is 2. The fraction of sp³-hybridized carbons (Fsp3) is 0.682. The monoisotopic (exact) mass is 377 g/mol. The molecule has 1 fully saturated rings. The molecule has 2 rings (SSSR count). The molecular formula is C22H35NO4. The third-order valence-corrected chi connectivity index (χ3v) is 5.64. The lowest BCUT2D eigenvalue weighted by Gasteiger charge is -2.34. The molecule has 0 heterocycles. The van der Waals surface area contributed by atoms with Crippen LogP contribution in [0.3, 0.4) is 0 Å². The van der Waals surface area contributed by atoms with Gasteiger partial charge in [0.15, 0.2) is 0 Å². The molecule has 0 aliphatic heterocycles. The number of β-amino-alcohol motifs (C(OH)–C–C–N with tert-alkyl or cyclic N) is 1. The van der Waals surface area contributed by atoms with E-state index in [1.54, 1.807) is 7.11 Å². The summed E-state index contributed by atoms with van der Waals surface area (Å²) in [5, 5.41) is 14.2. The van der Waals surface area contributed by atoms with Crippen LogP contribution < -0.4 is 10.1 Å². The number of carbonyl (C=O) groups excluding carboxylic acids is 1. The zero-order valence-corrected chi connectivity index (χ0v) is 17.2. The predicted molar refractivity (Wildman–Crippen MR) is 107 cm³/mol. The van der Waals surface area contributed by atoms with Gasteiger partial charge < -0.3 is 19.9 Å². The summed E-state index contributed by atoms with van der Waals surface area (Å²) < 4.78 is 10.2. The van der Waals surface area contributed by atoms with Crippen molar-refractivity contribution in [2.24, 2.45) is 11.8 Å². The fourth-order valence-corrected chi connectivity index (χ4v) is 4.12. The summed E-state index contributed by atoms with van der Waals surface area (Å²) in [4.78, 5) is 12.3. The average molecular weight is 378 g/mol. The molecule has 1 aliphatic rings. The van der Waals surface area contributed by atoms with Crippen LogP contribution in [0.25, 0.3) is 0 Å². The molecule has 0 amide bonds. The summed E-state index contributed by atoms with van der Waals surface area (Å²) in [7, 11) is 3.07. The van der Waals surface area contributed by atoms with Crippen LogP contribution in [0.5, 0.6) is 5.75 Å². The van der Waals surface area contributed by atoms with Crippen LogP contribution >= 0.6 is 0 Å². The second-order valence-electron chi connectivity index (χ2n) is 8.30. The van der Waals surface area contributed by atoms with E-state index >= 15 is 0 Å². The minimum atomic E-state index is -0.740. The van der Waals surface area contributed by atoms with Gasteiger partial charge in [0.1, 0.15) is 5.75 Å². The highest BCUT2D eigenvalue weighted by Crippen LogP contribution is 2.32. The first kappa shape index (κ1) is 21.7. The highest BCUT2D eigenvalue weighted by Gasteiger charge is 2.36. The maximum Gasteiger partial charge on any atom is 0.311 e. The second kappa shape index (κ2) is 10.1. The molecule has 1 aromatic rings. The smallest absolute Gasteiger partial charge is 0.311 e. The first-order valence-corrected chi connectivity index (χ1v) is 10.00. The minimum Gasteiger partial charge on any atom is -0.497 e. The van der Waals surface area contributed by atoms with Gasteiger partial charge in [0.05, 0.1) is 26.2 Å². The molecular weight excluding hydrogens is 342 g/mol. The Kier molecular flexibility index (Phi) is 8.11. The van der Waals surface area contributed by atoms with Gasteiger partial charge in [0.25, 0.3) is 0 Å². The van der Waals surface area contributed by atoms with Crippen molar-refractivity contribution in [3.8, 4) is 5.75 Å². The summed E-state index contributed by atoms with van der Waals surface area (Å²) in [6, 6.07) is 8.02. The lowest BCUT2D eigenvalue weighted by molar-refractivity contribution is -0.153. The SMILES string of the molecule is COC(=O)C(C(O)CNC(C)(C)Cc1ccc(OC)cc1)C1CCCCC1. The van der Waals surface area contributed by atoms with Gasteiger partial charge >= 0.3 is 5.97 Å². The molecule has 0 saturated heterocycles. The maximum atomic E-state index is 12.3. The Balaban J connectivity index is 1.94. The van der Waals surface area contributed by atoms with E-state index < -0.39 is 12.0 Å². The molecule has 2 atom stereocenters. The van der Waals surface area contributed by atoms with E-state index in [4.69, 9.17) is 9.47 Å². The number of methoxy groups -OCH3 is 2. The van der Waals surface area contributed by atoms with Crippen LogP contribution in [0.1, 0.15) is 51.5 Å². The van der Waals surface area contributed by atoms with Crippen molar-refractivity contribution >= 4 is 5.97 Å². The first-order valence-electron chi connectivity index (χ1n) is 10.00. The zero-order valence-electron chi connectivity index (χ0n) is 17.2. The van der Waals surface area contributed by atoms with Crippen LogP contribution in [0.4, 0.5) is 0 Å². The lowest BCUT2D eigenvalue weighted by atomic mass is 9.77. The first-order chi connectivity index (χ1) is 12.9. The summed E-state index contributed by atoms with van der Waals surface area (Å²) in [5.41, 5.74) is 0.989. The highest BCUT2D eigenvalue weighted by molar-refractivity contribution is 5.73. The van der Waals surface area contributed by atoms with Crippen molar-refractivity contribution in [2.45, 2.75) is 64.0 Å². The number of carbonyl (C=O) groups is 1. The predicted octanol–water partition coefficient (Wildman–Crippen LogP) is 3.34. The van der Waals surface area contributed by atoms with Crippen molar-refractivity contribution in [1.29, 1.82) is 0 Å². The molecule has 0 radical (unpaired) electrons. The van der Waals surface area contributed by atoms with E-state index in [-0.39, 0.29) is 17.4 Å². The van der Waals surface area contributed by atoms with Crippen LogP contribution in [0.15, 0.2) is 24.3 Å². The van der Waals surface area contributed by atoms with Crippen molar-refractivity contribution < 1.29 is 19.4 Å². The summed E-state index contributed by atoms with van der Waals surface area (Å²) in [5.74, 6) is 0.324. The second-order valence-corrected chi connectivity index (χ2v) is 8.30. The molecule has 2 N–H and O–H groups in total. The van der Waals surface area contributed by atoms with E-state index in [0.717, 1.165) is 37.9 Å². The Hall–Kier alpha value is -1.59. The molecule has 1 aliphatic carbocycles. The van der Waals surface area contributed by atoms with Gasteiger partial charge in [-0.3, -0.25) is 4.79 Å². The largest absolute Gasteiger partial charge is 0.497 e.